The van der Waals surface area contributed by atoms with Crippen molar-refractivity contribution in [3.05, 3.63) is 105 Å². The van der Waals surface area contributed by atoms with E-state index in [1.807, 2.05) is 4.57 Å². The molecule has 5 aromatic rings. The van der Waals surface area contributed by atoms with Gasteiger partial charge in [-0.1, -0.05) is 18.2 Å². The van der Waals surface area contributed by atoms with E-state index in [-0.39, 0.29) is 36.0 Å². The lowest BCUT2D eigenvalue weighted by Crippen LogP contribution is -2.32. The van der Waals surface area contributed by atoms with Crippen molar-refractivity contribution in [1.82, 2.24) is 14.5 Å². The van der Waals surface area contributed by atoms with Crippen LogP contribution in [0.15, 0.2) is 65.6 Å². The van der Waals surface area contributed by atoms with Gasteiger partial charge in [-0.3, -0.25) is 14.6 Å². The highest BCUT2D eigenvalue weighted by molar-refractivity contribution is 5.99. The van der Waals surface area contributed by atoms with Crippen LogP contribution >= 0.6 is 0 Å². The van der Waals surface area contributed by atoms with Gasteiger partial charge >= 0.3 is 0 Å². The van der Waals surface area contributed by atoms with Crippen LogP contribution in [0.5, 0.6) is 23.1 Å². The lowest BCUT2D eigenvalue weighted by atomic mass is 9.94. The lowest BCUT2D eigenvalue weighted by molar-refractivity contribution is 0.0796. The Labute approximate surface area is 250 Å². The number of aromatic nitrogens is 3. The maximum absolute atomic E-state index is 15.3. The monoisotopic (exact) mass is 599 g/mol. The standard InChI is InChI=1S/C33H27F2N3O6/c1-18-29(20-5-7-21(34)8-6-20)32(40)30(24-17-43-13-12-38(18)24)25(39)15-19-4-9-26(22(35)14-19)44-27-10-11-36-23-16-28(41-2)33(42-3)37-31(23)27/h4-11,14,16H,12-13,15,17H2,1-3H3. The summed E-state index contributed by atoms with van der Waals surface area (Å²) in [6.07, 6.45) is 1.27. The Kier molecular flexibility index (Phi) is 7.79. The minimum Gasteiger partial charge on any atom is -0.491 e. The summed E-state index contributed by atoms with van der Waals surface area (Å²) in [5, 5.41) is 0. The third-order valence-electron chi connectivity index (χ3n) is 7.55. The van der Waals surface area contributed by atoms with Gasteiger partial charge in [0.05, 0.1) is 44.2 Å². The molecule has 1 aliphatic heterocycles. The number of halogens is 2. The predicted molar refractivity (Wildman–Crippen MR) is 158 cm³/mol. The maximum Gasteiger partial charge on any atom is 0.257 e. The quantitative estimate of drug-likeness (QED) is 0.206. The molecule has 1 aliphatic rings. The summed E-state index contributed by atoms with van der Waals surface area (Å²) in [6, 6.07) is 12.9. The summed E-state index contributed by atoms with van der Waals surface area (Å²) in [7, 11) is 2.93. The van der Waals surface area contributed by atoms with Crippen molar-refractivity contribution in [2.45, 2.75) is 26.5 Å². The molecule has 0 saturated carbocycles. The first-order valence-corrected chi connectivity index (χ1v) is 13.8. The van der Waals surface area contributed by atoms with Gasteiger partial charge in [0.2, 0.25) is 5.43 Å². The van der Waals surface area contributed by atoms with Gasteiger partial charge in [-0.25, -0.2) is 13.8 Å². The minimum atomic E-state index is -0.710. The molecule has 2 aromatic carbocycles. The number of ketones is 1. The molecule has 0 atom stereocenters. The van der Waals surface area contributed by atoms with Gasteiger partial charge in [0.15, 0.2) is 28.8 Å². The number of carbonyl (C=O) groups excluding carboxylic acids is 1. The molecule has 0 saturated heterocycles. The number of nitrogens with zero attached hydrogens (tertiary/aromatic N) is 3. The van der Waals surface area contributed by atoms with Crippen molar-refractivity contribution in [2.75, 3.05) is 20.8 Å². The average Bonchev–Trinajstić information content (AvgIpc) is 3.02. The molecule has 3 aromatic heterocycles. The Morgan fingerprint density at radius 3 is 2.52 bits per heavy atom. The molecular formula is C33H27F2N3O6. The number of methoxy groups -OCH3 is 2. The summed E-state index contributed by atoms with van der Waals surface area (Å²) in [5.41, 5.74) is 2.62. The molecule has 0 amide bonds. The number of fused-ring (bicyclic) bond motifs is 2. The molecule has 0 fully saturated rings. The molecule has 0 N–H and O–H groups in total. The van der Waals surface area contributed by atoms with E-state index in [4.69, 9.17) is 18.9 Å². The SMILES string of the molecule is COc1cc2nccc(Oc3ccc(CC(=O)c4c5n(c(C)c(-c6ccc(F)cc6)c4=O)CCOC5)cc3F)c2nc1OC. The third-order valence-corrected chi connectivity index (χ3v) is 7.55. The largest absolute Gasteiger partial charge is 0.491 e. The number of benzene rings is 2. The van der Waals surface area contributed by atoms with Crippen molar-refractivity contribution in [1.29, 1.82) is 0 Å². The summed E-state index contributed by atoms with van der Waals surface area (Å²) in [4.78, 5) is 36.2. The Bertz CT molecular complexity index is 1970. The summed E-state index contributed by atoms with van der Waals surface area (Å²) in [5.74, 6) is -0.872. The number of hydrogen-bond donors (Lipinski definition) is 0. The lowest BCUT2D eigenvalue weighted by Gasteiger charge is -2.26. The highest BCUT2D eigenvalue weighted by atomic mass is 19.1. The number of carbonyl (C=O) groups is 1. The van der Waals surface area contributed by atoms with Gasteiger partial charge in [-0.05, 0) is 42.3 Å². The molecule has 9 nitrogen and oxygen atoms in total. The van der Waals surface area contributed by atoms with E-state index in [1.54, 1.807) is 25.1 Å². The van der Waals surface area contributed by atoms with Gasteiger partial charge in [-0.2, -0.15) is 0 Å². The molecule has 0 spiro atoms. The van der Waals surface area contributed by atoms with Crippen LogP contribution in [0.3, 0.4) is 0 Å². The fourth-order valence-electron chi connectivity index (χ4n) is 5.43. The number of pyridine rings is 3. The molecule has 0 unspecified atom stereocenters. The van der Waals surface area contributed by atoms with Crippen LogP contribution in [0.4, 0.5) is 8.78 Å². The van der Waals surface area contributed by atoms with Crippen molar-refractivity contribution in [2.24, 2.45) is 0 Å². The van der Waals surface area contributed by atoms with E-state index in [1.165, 1.54) is 56.8 Å². The van der Waals surface area contributed by atoms with Crippen molar-refractivity contribution in [3.63, 3.8) is 0 Å². The molecule has 0 aliphatic carbocycles. The van der Waals surface area contributed by atoms with Crippen LogP contribution in [-0.4, -0.2) is 41.1 Å². The van der Waals surface area contributed by atoms with E-state index in [2.05, 4.69) is 9.97 Å². The Balaban J connectivity index is 1.32. The van der Waals surface area contributed by atoms with E-state index < -0.39 is 22.8 Å². The van der Waals surface area contributed by atoms with Crippen LogP contribution in [0.1, 0.15) is 27.3 Å². The van der Waals surface area contributed by atoms with Gasteiger partial charge < -0.3 is 23.5 Å². The second kappa shape index (κ2) is 11.8. The summed E-state index contributed by atoms with van der Waals surface area (Å²) < 4.78 is 52.9. The first kappa shape index (κ1) is 28.9. The van der Waals surface area contributed by atoms with E-state index in [0.717, 1.165) is 0 Å². The van der Waals surface area contributed by atoms with Crippen molar-refractivity contribution < 1.29 is 32.5 Å². The predicted octanol–water partition coefficient (Wildman–Crippen LogP) is 5.81. The maximum atomic E-state index is 15.3. The third kappa shape index (κ3) is 5.26. The van der Waals surface area contributed by atoms with Crippen LogP contribution in [0.2, 0.25) is 0 Å². The normalized spacial score (nSPS) is 12.6. The molecule has 6 rings (SSSR count). The topological polar surface area (TPSA) is 102 Å². The number of hydrogen-bond acceptors (Lipinski definition) is 8. The Morgan fingerprint density at radius 1 is 1.00 bits per heavy atom. The fraction of sp³-hybridized carbons (Fsp3) is 0.212. The smallest absolute Gasteiger partial charge is 0.257 e. The highest BCUT2D eigenvalue weighted by Gasteiger charge is 2.27. The number of ether oxygens (including phenoxy) is 4. The molecule has 11 heteroatoms. The molecular weight excluding hydrogens is 572 g/mol. The van der Waals surface area contributed by atoms with Crippen molar-refractivity contribution >= 4 is 16.8 Å². The van der Waals surface area contributed by atoms with Gasteiger partial charge in [-0.15, -0.1) is 0 Å². The van der Waals surface area contributed by atoms with Crippen LogP contribution < -0.4 is 19.6 Å². The molecule has 4 heterocycles. The van der Waals surface area contributed by atoms with E-state index in [9.17, 15) is 14.0 Å². The number of rotatable bonds is 8. The van der Waals surface area contributed by atoms with Crippen LogP contribution in [0.25, 0.3) is 22.2 Å². The van der Waals surface area contributed by atoms with Crippen LogP contribution in [-0.2, 0) is 24.3 Å². The zero-order valence-electron chi connectivity index (χ0n) is 24.1. The van der Waals surface area contributed by atoms with E-state index in [0.29, 0.717) is 58.0 Å². The van der Waals surface area contributed by atoms with Gasteiger partial charge in [0, 0.05) is 42.6 Å². The number of Topliss-reactive ketones (excluding diaryl/α,β-unsaturated/α-hetero) is 1. The van der Waals surface area contributed by atoms with E-state index >= 15 is 4.39 Å². The second-order valence-electron chi connectivity index (χ2n) is 10.2. The van der Waals surface area contributed by atoms with Crippen molar-refractivity contribution in [3.8, 4) is 34.3 Å². The van der Waals surface area contributed by atoms with Gasteiger partial charge in [0.1, 0.15) is 11.3 Å². The fourth-order valence-corrected chi connectivity index (χ4v) is 5.43. The van der Waals surface area contributed by atoms with Gasteiger partial charge in [0.25, 0.3) is 5.88 Å². The minimum absolute atomic E-state index is 0.0194. The van der Waals surface area contributed by atoms with Crippen LogP contribution in [0, 0.1) is 18.6 Å². The molecule has 0 bridgehead atoms. The zero-order valence-corrected chi connectivity index (χ0v) is 24.1. The molecule has 224 valence electrons. The first-order chi connectivity index (χ1) is 21.3. The highest BCUT2D eigenvalue weighted by Crippen LogP contribution is 2.35. The zero-order chi connectivity index (χ0) is 31.0. The second-order valence-corrected chi connectivity index (χ2v) is 10.2. The summed E-state index contributed by atoms with van der Waals surface area (Å²) in [6.45, 7) is 2.76. The Morgan fingerprint density at radius 2 is 1.80 bits per heavy atom. The molecule has 44 heavy (non-hydrogen) atoms. The Hall–Kier alpha value is -5.16. The summed E-state index contributed by atoms with van der Waals surface area (Å²) >= 11 is 0. The molecule has 0 radical (unpaired) electrons. The first-order valence-electron chi connectivity index (χ1n) is 13.8. The average molecular weight is 600 g/mol.